The van der Waals surface area contributed by atoms with Gasteiger partial charge in [0.2, 0.25) is 5.91 Å². The molecule has 0 spiro atoms. The maximum Gasteiger partial charge on any atom is 0.407 e. The molecule has 0 aliphatic carbocycles. The summed E-state index contributed by atoms with van der Waals surface area (Å²) in [5.74, 6) is -0.854. The minimum Gasteiger partial charge on any atom is -0.465 e. The topological polar surface area (TPSA) is 95.3 Å². The Hall–Kier alpha value is -2.92. The van der Waals surface area contributed by atoms with E-state index in [0.29, 0.717) is 37.9 Å². The van der Waals surface area contributed by atoms with E-state index in [1.54, 1.807) is 12.1 Å². The Morgan fingerprint density at radius 3 is 2.51 bits per heavy atom. The van der Waals surface area contributed by atoms with E-state index < -0.39 is 26.0 Å². The number of anilines is 1. The van der Waals surface area contributed by atoms with Crippen LogP contribution < -0.4 is 4.90 Å². The van der Waals surface area contributed by atoms with E-state index >= 15 is 4.39 Å². The average Bonchev–Trinajstić information content (AvgIpc) is 3.22. The first-order valence-corrected chi connectivity index (χ1v) is 15.7. The fourth-order valence-electron chi connectivity index (χ4n) is 4.68. The normalized spacial score (nSPS) is 18.1. The Bertz CT molecular complexity index is 1120. The van der Waals surface area contributed by atoms with Gasteiger partial charge in [-0.3, -0.25) is 9.69 Å². The molecule has 9 nitrogen and oxygen atoms in total. The number of ether oxygens (including phenoxy) is 1. The summed E-state index contributed by atoms with van der Waals surface area (Å²) in [6.45, 7) is 7.97. The number of piperidine rings is 1. The van der Waals surface area contributed by atoms with Gasteiger partial charge in [0.25, 0.3) is 0 Å². The number of hydrogen-bond donors (Lipinski definition) is 1. The lowest BCUT2D eigenvalue weighted by Crippen LogP contribution is -2.53. The van der Waals surface area contributed by atoms with Gasteiger partial charge < -0.3 is 19.3 Å². The number of urea groups is 1. The highest BCUT2D eigenvalue weighted by Gasteiger charge is 2.35. The molecule has 4 amide bonds. The Morgan fingerprint density at radius 2 is 1.86 bits per heavy atom. The van der Waals surface area contributed by atoms with Gasteiger partial charge in [-0.2, -0.15) is 0 Å². The number of aromatic nitrogens is 1. The molecule has 35 heavy (non-hydrogen) atoms. The predicted molar refractivity (Wildman–Crippen MR) is 133 cm³/mol. The van der Waals surface area contributed by atoms with Gasteiger partial charge in [0, 0.05) is 58.4 Å². The molecule has 11 heteroatoms. The van der Waals surface area contributed by atoms with Gasteiger partial charge >= 0.3 is 12.1 Å². The van der Waals surface area contributed by atoms with Crippen LogP contribution in [0.1, 0.15) is 25.3 Å². The van der Waals surface area contributed by atoms with Crippen LogP contribution in [0.4, 0.5) is 19.7 Å². The smallest absolute Gasteiger partial charge is 0.407 e. The largest absolute Gasteiger partial charge is 0.465 e. The first-order valence-electron chi connectivity index (χ1n) is 12.0. The van der Waals surface area contributed by atoms with Crippen LogP contribution >= 0.6 is 0 Å². The molecule has 2 fully saturated rings. The number of benzene rings is 1. The quantitative estimate of drug-likeness (QED) is 0.440. The van der Waals surface area contributed by atoms with Gasteiger partial charge in [0.1, 0.15) is 12.5 Å². The molecule has 1 N–H and O–H groups in total. The summed E-state index contributed by atoms with van der Waals surface area (Å²) in [6.07, 6.45) is 2.35. The highest BCUT2D eigenvalue weighted by atomic mass is 28.3. The standard InChI is InChI=1S/C24H33FN4O5Si/c1-35(2,3)15-14-34-16-29-21(30)9-13-28(23(29)31)22-18-8-12-27(20(18)5-4-19(22)25)17-6-10-26(11-7-17)24(32)33/h4-5,8,12,17H,6-7,9-11,13-16H2,1-3H3,(H,32,33). The van der Waals surface area contributed by atoms with Crippen LogP contribution in [0.5, 0.6) is 0 Å². The summed E-state index contributed by atoms with van der Waals surface area (Å²) < 4.78 is 22.8. The first-order chi connectivity index (χ1) is 16.6. The van der Waals surface area contributed by atoms with Gasteiger partial charge in [-0.05, 0) is 37.1 Å². The van der Waals surface area contributed by atoms with Crippen molar-refractivity contribution in [3.63, 3.8) is 0 Å². The summed E-state index contributed by atoms with van der Waals surface area (Å²) in [7, 11) is -1.31. The number of nitrogens with zero attached hydrogens (tertiary/aromatic N) is 4. The molecule has 0 radical (unpaired) electrons. The second kappa shape index (κ2) is 9.98. The third kappa shape index (κ3) is 5.35. The minimum atomic E-state index is -1.31. The van der Waals surface area contributed by atoms with Gasteiger partial charge in [0.15, 0.2) is 0 Å². The molecule has 0 saturated carbocycles. The minimum absolute atomic E-state index is 0.0799. The van der Waals surface area contributed by atoms with Crippen LogP contribution in [-0.4, -0.2) is 78.6 Å². The molecule has 0 unspecified atom stereocenters. The van der Waals surface area contributed by atoms with Gasteiger partial charge in [0.05, 0.1) is 11.2 Å². The zero-order chi connectivity index (χ0) is 25.3. The molecule has 0 bridgehead atoms. The Morgan fingerprint density at radius 1 is 1.14 bits per heavy atom. The van der Waals surface area contributed by atoms with Crippen LogP contribution in [-0.2, 0) is 9.53 Å². The summed E-state index contributed by atoms with van der Waals surface area (Å²) in [5, 5.41) is 9.80. The molecule has 0 atom stereocenters. The fourth-order valence-corrected chi connectivity index (χ4v) is 5.44. The molecule has 4 rings (SSSR count). The van der Waals surface area contributed by atoms with E-state index in [9.17, 15) is 19.5 Å². The number of likely N-dealkylation sites (tertiary alicyclic amines) is 1. The Labute approximate surface area is 205 Å². The number of rotatable bonds is 7. The van der Waals surface area contributed by atoms with E-state index in [1.807, 2.05) is 10.8 Å². The maximum atomic E-state index is 15.1. The molecule has 190 valence electrons. The predicted octanol–water partition coefficient (Wildman–Crippen LogP) is 4.57. The van der Waals surface area contributed by atoms with Crippen LogP contribution in [0.25, 0.3) is 10.9 Å². The molecule has 2 saturated heterocycles. The average molecular weight is 505 g/mol. The van der Waals surface area contributed by atoms with Crippen molar-refractivity contribution in [2.24, 2.45) is 0 Å². The number of halogens is 1. The molecular formula is C24H33FN4O5Si. The van der Waals surface area contributed by atoms with E-state index in [4.69, 9.17) is 4.74 Å². The molecule has 2 aliphatic heterocycles. The van der Waals surface area contributed by atoms with Gasteiger partial charge in [-0.25, -0.2) is 18.9 Å². The number of hydrogen-bond acceptors (Lipinski definition) is 4. The Kier molecular flexibility index (Phi) is 7.18. The summed E-state index contributed by atoms with van der Waals surface area (Å²) in [5.41, 5.74) is 0.937. The van der Waals surface area contributed by atoms with Crippen molar-refractivity contribution in [2.75, 3.05) is 37.9 Å². The molecule has 3 heterocycles. The highest BCUT2D eigenvalue weighted by Crippen LogP contribution is 2.36. The van der Waals surface area contributed by atoms with Crippen molar-refractivity contribution in [2.45, 2.75) is 51.0 Å². The number of imide groups is 1. The van der Waals surface area contributed by atoms with Crippen molar-refractivity contribution in [3.8, 4) is 0 Å². The van der Waals surface area contributed by atoms with E-state index in [2.05, 4.69) is 19.6 Å². The van der Waals surface area contributed by atoms with E-state index in [-0.39, 0.29) is 37.3 Å². The van der Waals surface area contributed by atoms with Crippen molar-refractivity contribution < 1.29 is 28.6 Å². The zero-order valence-corrected chi connectivity index (χ0v) is 21.5. The lowest BCUT2D eigenvalue weighted by molar-refractivity contribution is -0.133. The van der Waals surface area contributed by atoms with Gasteiger partial charge in [-0.15, -0.1) is 0 Å². The molecule has 2 aromatic rings. The van der Waals surface area contributed by atoms with Crippen LogP contribution in [0, 0.1) is 5.82 Å². The van der Waals surface area contributed by atoms with Gasteiger partial charge in [-0.1, -0.05) is 19.6 Å². The molecule has 1 aromatic heterocycles. The molecule has 1 aromatic carbocycles. The van der Waals surface area contributed by atoms with Crippen molar-refractivity contribution >= 4 is 42.7 Å². The second-order valence-corrected chi connectivity index (χ2v) is 16.0. The number of carbonyl (C=O) groups excluding carboxylic acids is 2. The summed E-state index contributed by atoms with van der Waals surface area (Å²) in [4.78, 5) is 40.7. The number of carboxylic acid groups (broad SMARTS) is 1. The third-order valence-electron chi connectivity index (χ3n) is 6.75. The zero-order valence-electron chi connectivity index (χ0n) is 20.5. The van der Waals surface area contributed by atoms with Crippen molar-refractivity contribution in [3.05, 3.63) is 30.2 Å². The lowest BCUT2D eigenvalue weighted by atomic mass is 10.0. The number of amides is 4. The molecule has 2 aliphatic rings. The van der Waals surface area contributed by atoms with E-state index in [1.165, 1.54) is 15.9 Å². The monoisotopic (exact) mass is 504 g/mol. The Balaban J connectivity index is 1.55. The first kappa shape index (κ1) is 25.2. The number of fused-ring (bicyclic) bond motifs is 1. The van der Waals surface area contributed by atoms with Crippen molar-refractivity contribution in [1.82, 2.24) is 14.4 Å². The summed E-state index contributed by atoms with van der Waals surface area (Å²) in [6, 6.07) is 5.24. The number of carbonyl (C=O) groups is 3. The maximum absolute atomic E-state index is 15.1. The van der Waals surface area contributed by atoms with Crippen LogP contribution in [0.15, 0.2) is 24.4 Å². The third-order valence-corrected chi connectivity index (χ3v) is 8.46. The lowest BCUT2D eigenvalue weighted by Gasteiger charge is -2.34. The molecular weight excluding hydrogens is 471 g/mol. The fraction of sp³-hybridized carbons (Fsp3) is 0.542. The summed E-state index contributed by atoms with van der Waals surface area (Å²) >= 11 is 0. The van der Waals surface area contributed by atoms with Crippen molar-refractivity contribution in [1.29, 1.82) is 0 Å². The second-order valence-electron chi connectivity index (χ2n) is 10.4. The highest BCUT2D eigenvalue weighted by molar-refractivity contribution is 6.76. The van der Waals surface area contributed by atoms with Crippen LogP contribution in [0.3, 0.4) is 0 Å². The SMILES string of the molecule is C[Si](C)(C)CCOCN1C(=O)CCN(c2c(F)ccc3c2ccn3C2CCN(C(=O)O)CC2)C1=O. The van der Waals surface area contributed by atoms with E-state index in [0.717, 1.165) is 16.5 Å². The van der Waals surface area contributed by atoms with Crippen LogP contribution in [0.2, 0.25) is 25.7 Å².